The van der Waals surface area contributed by atoms with Crippen LogP contribution in [0.3, 0.4) is 0 Å². The molecule has 2 heterocycles. The summed E-state index contributed by atoms with van der Waals surface area (Å²) in [6.07, 6.45) is 0. The second kappa shape index (κ2) is 7.00. The molecule has 4 heteroatoms. The highest BCUT2D eigenvalue weighted by molar-refractivity contribution is 7.98. The summed E-state index contributed by atoms with van der Waals surface area (Å²) in [5, 5.41) is 10.7. The third-order valence-electron chi connectivity index (χ3n) is 5.06. The molecule has 2 aromatic heterocycles. The molecule has 0 saturated heterocycles. The quantitative estimate of drug-likeness (QED) is 0.391. The molecule has 0 spiro atoms. The highest BCUT2D eigenvalue weighted by Crippen LogP contribution is 2.31. The fourth-order valence-corrected chi connectivity index (χ4v) is 4.50. The molecule has 0 amide bonds. The number of pyridine rings is 1. The smallest absolute Gasteiger partial charge is 0.157 e. The maximum atomic E-state index is 9.62. The van der Waals surface area contributed by atoms with E-state index in [1.54, 1.807) is 11.8 Å². The highest BCUT2D eigenvalue weighted by Gasteiger charge is 2.16. The van der Waals surface area contributed by atoms with E-state index >= 15 is 0 Å². The zero-order valence-corrected chi connectivity index (χ0v) is 17.5. The lowest BCUT2D eigenvalue weighted by Crippen LogP contribution is -2.10. The van der Waals surface area contributed by atoms with Gasteiger partial charge < -0.3 is 0 Å². The number of hydrogen-bond donors (Lipinski definition) is 0. The molecule has 0 atom stereocenters. The Morgan fingerprint density at radius 2 is 1.79 bits per heavy atom. The van der Waals surface area contributed by atoms with Crippen molar-refractivity contribution in [2.75, 3.05) is 0 Å². The Labute approximate surface area is 170 Å². The van der Waals surface area contributed by atoms with Crippen LogP contribution < -0.4 is 0 Å². The van der Waals surface area contributed by atoms with E-state index < -0.39 is 0 Å². The number of aryl methyl sites for hydroxylation is 1. The standard InChI is InChI=1S/C24H23N3S/c1-16-13-22(28-15-17-9-11-18(12-10-17)24(2,3)4)27-21-8-6-5-7-20(21)26-23(27)19(16)14-25/h5-13H,15H2,1-4H3. The van der Waals surface area contributed by atoms with Crippen molar-refractivity contribution < 1.29 is 0 Å². The molecular formula is C24H23N3S. The summed E-state index contributed by atoms with van der Waals surface area (Å²) in [6.45, 7) is 8.69. The third kappa shape index (κ3) is 3.27. The van der Waals surface area contributed by atoms with Gasteiger partial charge in [-0.1, -0.05) is 57.2 Å². The van der Waals surface area contributed by atoms with Crippen LogP contribution in [0.5, 0.6) is 0 Å². The molecule has 0 radical (unpaired) electrons. The van der Waals surface area contributed by atoms with Crippen molar-refractivity contribution in [3.8, 4) is 6.07 Å². The average molecular weight is 386 g/mol. The van der Waals surface area contributed by atoms with E-state index in [4.69, 9.17) is 4.98 Å². The Hall–Kier alpha value is -2.77. The summed E-state index contributed by atoms with van der Waals surface area (Å²) < 4.78 is 2.12. The van der Waals surface area contributed by atoms with Gasteiger partial charge in [-0.3, -0.25) is 4.40 Å². The average Bonchev–Trinajstić information content (AvgIpc) is 3.05. The number of aromatic nitrogens is 2. The third-order valence-corrected chi connectivity index (χ3v) is 6.13. The highest BCUT2D eigenvalue weighted by atomic mass is 32.2. The molecule has 0 aliphatic heterocycles. The van der Waals surface area contributed by atoms with E-state index in [0.717, 1.165) is 33.0 Å². The van der Waals surface area contributed by atoms with Crippen LogP contribution in [0.2, 0.25) is 0 Å². The van der Waals surface area contributed by atoms with Gasteiger partial charge in [0.2, 0.25) is 0 Å². The summed E-state index contributed by atoms with van der Waals surface area (Å²) in [5.41, 5.74) is 7.12. The first-order valence-corrected chi connectivity index (χ1v) is 10.4. The van der Waals surface area contributed by atoms with Crippen LogP contribution in [-0.2, 0) is 11.2 Å². The predicted octanol–water partition coefficient (Wildman–Crippen LogP) is 6.26. The lowest BCUT2D eigenvalue weighted by molar-refractivity contribution is 0.590. The number of para-hydroxylation sites is 2. The van der Waals surface area contributed by atoms with Crippen molar-refractivity contribution in [2.24, 2.45) is 0 Å². The fraction of sp³-hybridized carbons (Fsp3) is 0.250. The van der Waals surface area contributed by atoms with Crippen LogP contribution in [0.25, 0.3) is 16.7 Å². The zero-order chi connectivity index (χ0) is 19.9. The van der Waals surface area contributed by atoms with Gasteiger partial charge in [0.05, 0.1) is 21.6 Å². The Morgan fingerprint density at radius 3 is 2.46 bits per heavy atom. The van der Waals surface area contributed by atoms with Crippen molar-refractivity contribution in [3.63, 3.8) is 0 Å². The topological polar surface area (TPSA) is 41.1 Å². The molecule has 0 saturated carbocycles. The Balaban J connectivity index is 1.74. The zero-order valence-electron chi connectivity index (χ0n) is 16.7. The van der Waals surface area contributed by atoms with E-state index in [1.165, 1.54) is 11.1 Å². The van der Waals surface area contributed by atoms with Gasteiger partial charge in [-0.2, -0.15) is 5.26 Å². The first-order valence-electron chi connectivity index (χ1n) is 9.41. The molecule has 0 N–H and O–H groups in total. The first-order chi connectivity index (χ1) is 13.4. The van der Waals surface area contributed by atoms with Crippen LogP contribution in [0.4, 0.5) is 0 Å². The molecule has 28 heavy (non-hydrogen) atoms. The molecule has 0 unspecified atom stereocenters. The van der Waals surface area contributed by atoms with Gasteiger partial charge in [-0.05, 0) is 47.2 Å². The van der Waals surface area contributed by atoms with Crippen molar-refractivity contribution in [2.45, 2.75) is 43.9 Å². The van der Waals surface area contributed by atoms with Gasteiger partial charge in [0, 0.05) is 5.75 Å². The van der Waals surface area contributed by atoms with Crippen LogP contribution in [0.15, 0.2) is 59.6 Å². The lowest BCUT2D eigenvalue weighted by atomic mass is 9.87. The number of hydrogen-bond acceptors (Lipinski definition) is 3. The van der Waals surface area contributed by atoms with Crippen molar-refractivity contribution in [1.29, 1.82) is 5.26 Å². The minimum Gasteiger partial charge on any atom is -0.286 e. The number of nitrogens with zero attached hydrogens (tertiary/aromatic N) is 3. The van der Waals surface area contributed by atoms with Crippen LogP contribution in [0.1, 0.15) is 43.0 Å². The Kier molecular flexibility index (Phi) is 4.64. The Morgan fingerprint density at radius 1 is 1.07 bits per heavy atom. The van der Waals surface area contributed by atoms with Gasteiger partial charge in [0.25, 0.3) is 0 Å². The maximum Gasteiger partial charge on any atom is 0.157 e. The van der Waals surface area contributed by atoms with Crippen LogP contribution in [0, 0.1) is 18.3 Å². The van der Waals surface area contributed by atoms with Crippen LogP contribution >= 0.6 is 11.8 Å². The number of rotatable bonds is 3. The van der Waals surface area contributed by atoms with E-state index in [2.05, 4.69) is 67.6 Å². The number of thioether (sulfide) groups is 1. The van der Waals surface area contributed by atoms with Gasteiger partial charge in [0.15, 0.2) is 5.65 Å². The molecule has 0 aliphatic rings. The van der Waals surface area contributed by atoms with Gasteiger partial charge in [0.1, 0.15) is 6.07 Å². The molecule has 0 aliphatic carbocycles. The molecule has 140 valence electrons. The summed E-state index contributed by atoms with van der Waals surface area (Å²) in [7, 11) is 0. The van der Waals surface area contributed by atoms with E-state index in [9.17, 15) is 5.26 Å². The second-order valence-electron chi connectivity index (χ2n) is 8.15. The summed E-state index contributed by atoms with van der Waals surface area (Å²) in [5.74, 6) is 0.872. The largest absolute Gasteiger partial charge is 0.286 e. The van der Waals surface area contributed by atoms with E-state index in [1.807, 2.05) is 25.1 Å². The lowest BCUT2D eigenvalue weighted by Gasteiger charge is -2.19. The molecular weight excluding hydrogens is 362 g/mol. The Bertz CT molecular complexity index is 1210. The normalized spacial score (nSPS) is 11.8. The fourth-order valence-electron chi connectivity index (χ4n) is 3.42. The monoisotopic (exact) mass is 385 g/mol. The molecule has 4 aromatic rings. The second-order valence-corrected chi connectivity index (χ2v) is 9.14. The SMILES string of the molecule is Cc1cc(SCc2ccc(C(C)(C)C)cc2)n2c(nc3ccccc32)c1C#N. The molecule has 4 rings (SSSR count). The van der Waals surface area contributed by atoms with E-state index in [-0.39, 0.29) is 5.41 Å². The molecule has 0 fully saturated rings. The number of nitriles is 1. The van der Waals surface area contributed by atoms with Crippen molar-refractivity contribution >= 4 is 28.4 Å². The summed E-state index contributed by atoms with van der Waals surface area (Å²) in [6, 6.07) is 21.4. The maximum absolute atomic E-state index is 9.62. The number of fused-ring (bicyclic) bond motifs is 3. The molecule has 3 nitrogen and oxygen atoms in total. The predicted molar refractivity (Wildman–Crippen MR) is 117 cm³/mol. The molecule has 0 bridgehead atoms. The van der Waals surface area contributed by atoms with Crippen LogP contribution in [-0.4, -0.2) is 9.38 Å². The van der Waals surface area contributed by atoms with Gasteiger partial charge >= 0.3 is 0 Å². The van der Waals surface area contributed by atoms with Crippen molar-refractivity contribution in [1.82, 2.24) is 9.38 Å². The minimum absolute atomic E-state index is 0.164. The van der Waals surface area contributed by atoms with Gasteiger partial charge in [-0.25, -0.2) is 4.98 Å². The van der Waals surface area contributed by atoms with E-state index in [0.29, 0.717) is 5.56 Å². The summed E-state index contributed by atoms with van der Waals surface area (Å²) >= 11 is 1.78. The minimum atomic E-state index is 0.164. The summed E-state index contributed by atoms with van der Waals surface area (Å²) in [4.78, 5) is 4.73. The van der Waals surface area contributed by atoms with Crippen molar-refractivity contribution in [3.05, 3.63) is 76.9 Å². The molecule has 2 aromatic carbocycles. The number of imidazole rings is 1. The number of benzene rings is 2. The first kappa shape index (κ1) is 18.6. The van der Waals surface area contributed by atoms with Gasteiger partial charge in [-0.15, -0.1) is 11.8 Å².